The third-order valence-corrected chi connectivity index (χ3v) is 4.80. The van der Waals surface area contributed by atoms with Crippen LogP contribution in [0.15, 0.2) is 0 Å². The maximum atomic E-state index is 12.4. The molecule has 1 saturated heterocycles. The van der Waals surface area contributed by atoms with Crippen molar-refractivity contribution in [2.45, 2.75) is 70.3 Å². The topological polar surface area (TPSA) is 46.3 Å². The van der Waals surface area contributed by atoms with E-state index in [-0.39, 0.29) is 5.54 Å². The van der Waals surface area contributed by atoms with E-state index in [0.717, 1.165) is 25.9 Å². The lowest BCUT2D eigenvalue weighted by Gasteiger charge is -2.37. The molecule has 2 N–H and O–H groups in total. The number of piperidine rings is 1. The number of rotatable bonds is 3. The number of nitrogens with zero attached hydrogens (tertiary/aromatic N) is 1. The average molecular weight is 252 g/mol. The molecule has 2 rings (SSSR count). The van der Waals surface area contributed by atoms with Crippen molar-refractivity contribution in [1.29, 1.82) is 0 Å². The summed E-state index contributed by atoms with van der Waals surface area (Å²) in [7, 11) is 0. The van der Waals surface area contributed by atoms with Gasteiger partial charge in [-0.15, -0.1) is 0 Å². The van der Waals surface area contributed by atoms with Crippen molar-refractivity contribution in [1.82, 2.24) is 4.90 Å². The molecule has 3 nitrogen and oxygen atoms in total. The molecule has 1 aliphatic carbocycles. The van der Waals surface area contributed by atoms with Gasteiger partial charge in [0.2, 0.25) is 5.91 Å². The molecule has 1 atom stereocenters. The zero-order valence-corrected chi connectivity index (χ0v) is 11.8. The van der Waals surface area contributed by atoms with Crippen LogP contribution >= 0.6 is 0 Å². The van der Waals surface area contributed by atoms with Gasteiger partial charge in [-0.2, -0.15) is 0 Å². The molecule has 1 saturated carbocycles. The van der Waals surface area contributed by atoms with Gasteiger partial charge in [0.1, 0.15) is 0 Å². The van der Waals surface area contributed by atoms with Gasteiger partial charge in [0.05, 0.1) is 0 Å². The van der Waals surface area contributed by atoms with Crippen LogP contribution in [-0.2, 0) is 4.79 Å². The van der Waals surface area contributed by atoms with Crippen LogP contribution in [0, 0.1) is 5.92 Å². The molecule has 2 aliphatic rings. The molecule has 1 aliphatic heterocycles. The summed E-state index contributed by atoms with van der Waals surface area (Å²) in [6.45, 7) is 4.14. The Morgan fingerprint density at radius 2 is 2.00 bits per heavy atom. The molecule has 3 heteroatoms. The van der Waals surface area contributed by atoms with Gasteiger partial charge in [-0.25, -0.2) is 0 Å². The second kappa shape index (κ2) is 6.05. The van der Waals surface area contributed by atoms with Crippen molar-refractivity contribution in [3.05, 3.63) is 0 Å². The predicted octanol–water partition coefficient (Wildman–Crippen LogP) is 2.69. The number of carbonyl (C=O) groups is 1. The number of hydrogen-bond acceptors (Lipinski definition) is 2. The Bertz CT molecular complexity index is 284. The zero-order chi connectivity index (χ0) is 13.0. The highest BCUT2D eigenvalue weighted by Gasteiger charge is 2.32. The van der Waals surface area contributed by atoms with E-state index in [2.05, 4.69) is 11.8 Å². The third kappa shape index (κ3) is 3.47. The lowest BCUT2D eigenvalue weighted by molar-refractivity contribution is -0.134. The minimum atomic E-state index is -0.200. The van der Waals surface area contributed by atoms with E-state index in [0.29, 0.717) is 18.2 Å². The van der Waals surface area contributed by atoms with Gasteiger partial charge in [0, 0.05) is 25.0 Å². The van der Waals surface area contributed by atoms with Crippen LogP contribution in [0.1, 0.15) is 64.7 Å². The fourth-order valence-electron chi connectivity index (χ4n) is 3.47. The minimum absolute atomic E-state index is 0.200. The van der Waals surface area contributed by atoms with Crippen LogP contribution in [0.2, 0.25) is 0 Å². The Kier molecular flexibility index (Phi) is 4.66. The largest absolute Gasteiger partial charge is 0.342 e. The van der Waals surface area contributed by atoms with Crippen molar-refractivity contribution in [2.24, 2.45) is 11.7 Å². The van der Waals surface area contributed by atoms with E-state index >= 15 is 0 Å². The van der Waals surface area contributed by atoms with Gasteiger partial charge in [0.15, 0.2) is 0 Å². The second-order valence-electron chi connectivity index (χ2n) is 6.36. The molecule has 0 spiro atoms. The molecule has 0 bridgehead atoms. The highest BCUT2D eigenvalue weighted by Crippen LogP contribution is 2.30. The first kappa shape index (κ1) is 13.9. The summed E-state index contributed by atoms with van der Waals surface area (Å²) in [5.74, 6) is 1.01. The summed E-state index contributed by atoms with van der Waals surface area (Å²) in [6.07, 6.45) is 9.96. The lowest BCUT2D eigenvalue weighted by atomic mass is 9.79. The summed E-state index contributed by atoms with van der Waals surface area (Å²) in [5.41, 5.74) is 6.19. The fourth-order valence-corrected chi connectivity index (χ4v) is 3.47. The third-order valence-electron chi connectivity index (χ3n) is 4.80. The Morgan fingerprint density at radius 3 is 2.67 bits per heavy atom. The second-order valence-corrected chi connectivity index (χ2v) is 6.36. The van der Waals surface area contributed by atoms with Crippen LogP contribution < -0.4 is 5.73 Å². The normalized spacial score (nSPS) is 28.1. The lowest BCUT2D eigenvalue weighted by Crippen LogP contribution is -2.48. The SMILES string of the molecule is CCC1CCCN(C(=O)CC2(N)CCCCC2)C1. The smallest absolute Gasteiger partial charge is 0.224 e. The van der Waals surface area contributed by atoms with E-state index in [1.807, 2.05) is 0 Å². The number of nitrogens with two attached hydrogens (primary N) is 1. The summed E-state index contributed by atoms with van der Waals surface area (Å²) < 4.78 is 0. The standard InChI is InChI=1S/C15H28N2O/c1-2-13-7-6-10-17(12-13)14(18)11-15(16)8-4-3-5-9-15/h13H,2-12,16H2,1H3. The molecule has 0 aromatic rings. The molecular formula is C15H28N2O. The monoisotopic (exact) mass is 252 g/mol. The molecule has 1 unspecified atom stereocenters. The van der Waals surface area contributed by atoms with E-state index in [1.165, 1.54) is 38.5 Å². The molecular weight excluding hydrogens is 224 g/mol. The summed E-state index contributed by atoms with van der Waals surface area (Å²) >= 11 is 0. The first-order chi connectivity index (χ1) is 8.63. The molecule has 0 aromatic carbocycles. The summed E-state index contributed by atoms with van der Waals surface area (Å²) in [4.78, 5) is 14.4. The Balaban J connectivity index is 1.86. The first-order valence-corrected chi connectivity index (χ1v) is 7.69. The molecule has 104 valence electrons. The first-order valence-electron chi connectivity index (χ1n) is 7.69. The molecule has 1 amide bonds. The number of likely N-dealkylation sites (tertiary alicyclic amines) is 1. The number of hydrogen-bond donors (Lipinski definition) is 1. The molecule has 0 aromatic heterocycles. The molecule has 18 heavy (non-hydrogen) atoms. The van der Waals surface area contributed by atoms with Crippen molar-refractivity contribution in [2.75, 3.05) is 13.1 Å². The van der Waals surface area contributed by atoms with Crippen molar-refractivity contribution in [3.8, 4) is 0 Å². The van der Waals surface area contributed by atoms with Crippen LogP contribution in [0.25, 0.3) is 0 Å². The average Bonchev–Trinajstić information content (AvgIpc) is 2.39. The van der Waals surface area contributed by atoms with Gasteiger partial charge in [-0.3, -0.25) is 4.79 Å². The van der Waals surface area contributed by atoms with Crippen molar-refractivity contribution >= 4 is 5.91 Å². The highest BCUT2D eigenvalue weighted by atomic mass is 16.2. The predicted molar refractivity (Wildman–Crippen MR) is 74.2 cm³/mol. The van der Waals surface area contributed by atoms with Gasteiger partial charge < -0.3 is 10.6 Å². The van der Waals surface area contributed by atoms with E-state index in [9.17, 15) is 4.79 Å². The fraction of sp³-hybridized carbons (Fsp3) is 0.933. The van der Waals surface area contributed by atoms with Crippen LogP contribution in [-0.4, -0.2) is 29.4 Å². The van der Waals surface area contributed by atoms with Gasteiger partial charge in [0.25, 0.3) is 0 Å². The van der Waals surface area contributed by atoms with E-state index in [1.54, 1.807) is 0 Å². The van der Waals surface area contributed by atoms with Crippen LogP contribution in [0.4, 0.5) is 0 Å². The minimum Gasteiger partial charge on any atom is -0.342 e. The zero-order valence-electron chi connectivity index (χ0n) is 11.8. The maximum Gasteiger partial charge on any atom is 0.224 e. The number of amides is 1. The van der Waals surface area contributed by atoms with Gasteiger partial charge in [-0.05, 0) is 31.6 Å². The van der Waals surface area contributed by atoms with Crippen LogP contribution in [0.3, 0.4) is 0 Å². The summed E-state index contributed by atoms with van der Waals surface area (Å²) in [5, 5.41) is 0. The Morgan fingerprint density at radius 1 is 1.28 bits per heavy atom. The maximum absolute atomic E-state index is 12.4. The van der Waals surface area contributed by atoms with E-state index in [4.69, 9.17) is 5.73 Å². The Hall–Kier alpha value is -0.570. The van der Waals surface area contributed by atoms with Crippen molar-refractivity contribution in [3.63, 3.8) is 0 Å². The summed E-state index contributed by atoms with van der Waals surface area (Å²) in [6, 6.07) is 0. The number of carbonyl (C=O) groups excluding carboxylic acids is 1. The molecule has 0 radical (unpaired) electrons. The highest BCUT2D eigenvalue weighted by molar-refractivity contribution is 5.77. The molecule has 1 heterocycles. The quantitative estimate of drug-likeness (QED) is 0.839. The Labute approximate surface area is 111 Å². The van der Waals surface area contributed by atoms with Gasteiger partial charge >= 0.3 is 0 Å². The molecule has 2 fully saturated rings. The van der Waals surface area contributed by atoms with Crippen LogP contribution in [0.5, 0.6) is 0 Å². The van der Waals surface area contributed by atoms with Gasteiger partial charge in [-0.1, -0.05) is 32.6 Å². The van der Waals surface area contributed by atoms with Crippen molar-refractivity contribution < 1.29 is 4.79 Å². The van der Waals surface area contributed by atoms with E-state index < -0.39 is 0 Å².